The van der Waals surface area contributed by atoms with Gasteiger partial charge in [0.1, 0.15) is 6.26 Å². The Hall–Kier alpha value is -1.37. The molecule has 7 heteroatoms. The molecule has 1 aromatic heterocycles. The fourth-order valence-electron chi connectivity index (χ4n) is 1.54. The minimum Gasteiger partial charge on any atom is -0.461 e. The van der Waals surface area contributed by atoms with E-state index >= 15 is 0 Å². The molecule has 2 rings (SSSR count). The monoisotopic (exact) mass is 302 g/mol. The van der Waals surface area contributed by atoms with E-state index in [-0.39, 0.29) is 29.0 Å². The molecule has 0 bridgehead atoms. The van der Waals surface area contributed by atoms with Crippen LogP contribution in [0.25, 0.3) is 0 Å². The molecule has 92 valence electrons. The summed E-state index contributed by atoms with van der Waals surface area (Å²) in [6.07, 6.45) is 1.60. The average Bonchev–Trinajstić information content (AvgIpc) is 2.85. The summed E-state index contributed by atoms with van der Waals surface area (Å²) in [5, 5.41) is 0. The minimum absolute atomic E-state index is 0.0765. The zero-order valence-electron chi connectivity index (χ0n) is 9.18. The molecule has 1 saturated heterocycles. The summed E-state index contributed by atoms with van der Waals surface area (Å²) in [6.45, 7) is 2.47. The first-order valence-electron chi connectivity index (χ1n) is 5.19. The molecule has 1 aromatic rings. The number of aromatic nitrogens is 1. The summed E-state index contributed by atoms with van der Waals surface area (Å²) in [6, 6.07) is 0.139. The number of carbonyl (C=O) groups excluding carboxylic acids is 2. The summed E-state index contributed by atoms with van der Waals surface area (Å²) in [5.74, 6) is -0.631. The maximum absolute atomic E-state index is 11.6. The van der Waals surface area contributed by atoms with Crippen LogP contribution in [0.4, 0.5) is 6.01 Å². The van der Waals surface area contributed by atoms with Gasteiger partial charge in [0.2, 0.25) is 5.91 Å². The highest BCUT2D eigenvalue weighted by molar-refractivity contribution is 9.09. The second-order valence-corrected chi connectivity index (χ2v) is 4.84. The van der Waals surface area contributed by atoms with Crippen molar-refractivity contribution in [3.63, 3.8) is 0 Å². The zero-order chi connectivity index (χ0) is 12.4. The van der Waals surface area contributed by atoms with Crippen LogP contribution in [0.5, 0.6) is 0 Å². The number of esters is 1. The molecule has 0 radical (unpaired) electrons. The maximum Gasteiger partial charge on any atom is 0.360 e. The zero-order valence-corrected chi connectivity index (χ0v) is 10.8. The van der Waals surface area contributed by atoms with Crippen LogP contribution in [-0.4, -0.2) is 34.8 Å². The van der Waals surface area contributed by atoms with Gasteiger partial charge in [-0.3, -0.25) is 9.69 Å². The fourth-order valence-corrected chi connectivity index (χ4v) is 2.10. The Kier molecular flexibility index (Phi) is 3.46. The van der Waals surface area contributed by atoms with E-state index in [1.54, 1.807) is 6.92 Å². The van der Waals surface area contributed by atoms with E-state index in [2.05, 4.69) is 20.9 Å². The first-order chi connectivity index (χ1) is 8.11. The summed E-state index contributed by atoms with van der Waals surface area (Å²) in [4.78, 5) is 28.4. The molecular formula is C10H11BrN2O4. The molecule has 0 saturated carbocycles. The molecule has 1 fully saturated rings. The van der Waals surface area contributed by atoms with Gasteiger partial charge in [-0.2, -0.15) is 4.98 Å². The molecule has 6 nitrogen and oxygen atoms in total. The summed E-state index contributed by atoms with van der Waals surface area (Å²) in [7, 11) is 0. The molecule has 17 heavy (non-hydrogen) atoms. The molecule has 0 aliphatic carbocycles. The van der Waals surface area contributed by atoms with Gasteiger partial charge in [-0.1, -0.05) is 15.9 Å². The third-order valence-electron chi connectivity index (χ3n) is 2.29. The number of hydrogen-bond acceptors (Lipinski definition) is 5. The Labute approximate surface area is 106 Å². The molecule has 1 aliphatic heterocycles. The van der Waals surface area contributed by atoms with Crippen molar-refractivity contribution in [2.45, 2.75) is 18.2 Å². The van der Waals surface area contributed by atoms with Crippen LogP contribution in [0, 0.1) is 0 Å². The number of ether oxygens (including phenoxy) is 1. The lowest BCUT2D eigenvalue weighted by atomic mass is 10.4. The maximum atomic E-state index is 11.6. The second kappa shape index (κ2) is 4.87. The SMILES string of the molecule is CCOC(=O)c1coc(N2CC(Br)CC2=O)n1. The molecule has 1 atom stereocenters. The highest BCUT2D eigenvalue weighted by Crippen LogP contribution is 2.24. The van der Waals surface area contributed by atoms with Gasteiger partial charge in [0, 0.05) is 17.8 Å². The molecule has 2 heterocycles. The third kappa shape index (κ3) is 2.49. The number of halogens is 1. The number of alkyl halides is 1. The predicted octanol–water partition coefficient (Wildman–Crippen LogP) is 1.35. The number of nitrogens with zero attached hydrogens (tertiary/aromatic N) is 2. The molecule has 0 N–H and O–H groups in total. The highest BCUT2D eigenvalue weighted by Gasteiger charge is 2.32. The molecule has 0 aromatic carbocycles. The molecule has 1 unspecified atom stereocenters. The fraction of sp³-hybridized carbons (Fsp3) is 0.500. The van der Waals surface area contributed by atoms with Gasteiger partial charge in [-0.25, -0.2) is 4.79 Å². The Morgan fingerprint density at radius 2 is 2.53 bits per heavy atom. The van der Waals surface area contributed by atoms with Crippen molar-refractivity contribution in [1.82, 2.24) is 4.98 Å². The van der Waals surface area contributed by atoms with Crippen LogP contribution in [0.1, 0.15) is 23.8 Å². The highest BCUT2D eigenvalue weighted by atomic mass is 79.9. The van der Waals surface area contributed by atoms with Gasteiger partial charge in [0.15, 0.2) is 5.69 Å². The van der Waals surface area contributed by atoms with Crippen molar-refractivity contribution in [2.75, 3.05) is 18.1 Å². The number of amides is 1. The number of hydrogen-bond donors (Lipinski definition) is 0. The standard InChI is InChI=1S/C10H11BrN2O4/c1-2-16-9(15)7-5-17-10(12-7)13-4-6(11)3-8(13)14/h5-6H,2-4H2,1H3. The normalized spacial score (nSPS) is 19.8. The Bertz CT molecular complexity index is 445. The summed E-state index contributed by atoms with van der Waals surface area (Å²) in [5.41, 5.74) is 0.0765. The van der Waals surface area contributed by atoms with E-state index in [1.165, 1.54) is 11.2 Å². The average molecular weight is 303 g/mol. The molecule has 0 spiro atoms. The number of oxazole rings is 1. The number of rotatable bonds is 3. The van der Waals surface area contributed by atoms with Crippen LogP contribution >= 0.6 is 15.9 Å². The second-order valence-electron chi connectivity index (χ2n) is 3.54. The van der Waals surface area contributed by atoms with Crippen LogP contribution in [-0.2, 0) is 9.53 Å². The van der Waals surface area contributed by atoms with Crippen LogP contribution in [0.15, 0.2) is 10.7 Å². The minimum atomic E-state index is -0.551. The number of carbonyl (C=O) groups is 2. The van der Waals surface area contributed by atoms with E-state index in [1.807, 2.05) is 0 Å². The van der Waals surface area contributed by atoms with E-state index in [9.17, 15) is 9.59 Å². The van der Waals surface area contributed by atoms with Crippen LogP contribution < -0.4 is 4.90 Å². The Morgan fingerprint density at radius 1 is 1.76 bits per heavy atom. The molecule has 1 amide bonds. The summed E-state index contributed by atoms with van der Waals surface area (Å²) >= 11 is 3.35. The van der Waals surface area contributed by atoms with E-state index in [0.717, 1.165) is 0 Å². The lowest BCUT2D eigenvalue weighted by Crippen LogP contribution is -2.25. The largest absolute Gasteiger partial charge is 0.461 e. The topological polar surface area (TPSA) is 72.6 Å². The van der Waals surface area contributed by atoms with E-state index < -0.39 is 5.97 Å². The van der Waals surface area contributed by atoms with Gasteiger partial charge in [0.05, 0.1) is 6.61 Å². The van der Waals surface area contributed by atoms with Crippen LogP contribution in [0.3, 0.4) is 0 Å². The van der Waals surface area contributed by atoms with Crippen molar-refractivity contribution >= 4 is 33.8 Å². The third-order valence-corrected chi connectivity index (χ3v) is 2.90. The first-order valence-corrected chi connectivity index (χ1v) is 6.10. The lowest BCUT2D eigenvalue weighted by molar-refractivity contribution is -0.117. The molecular weight excluding hydrogens is 292 g/mol. The van der Waals surface area contributed by atoms with Crippen molar-refractivity contribution in [2.24, 2.45) is 0 Å². The number of anilines is 1. The van der Waals surface area contributed by atoms with Gasteiger partial charge in [-0.05, 0) is 6.92 Å². The Balaban J connectivity index is 2.13. The van der Waals surface area contributed by atoms with Crippen molar-refractivity contribution in [3.8, 4) is 0 Å². The first kappa shape index (κ1) is 12.1. The van der Waals surface area contributed by atoms with Crippen molar-refractivity contribution in [3.05, 3.63) is 12.0 Å². The Morgan fingerprint density at radius 3 is 3.12 bits per heavy atom. The van der Waals surface area contributed by atoms with Crippen LogP contribution in [0.2, 0.25) is 0 Å². The lowest BCUT2D eigenvalue weighted by Gasteiger charge is -2.09. The van der Waals surface area contributed by atoms with Gasteiger partial charge < -0.3 is 9.15 Å². The van der Waals surface area contributed by atoms with Crippen molar-refractivity contribution < 1.29 is 18.7 Å². The van der Waals surface area contributed by atoms with Gasteiger partial charge in [0.25, 0.3) is 0 Å². The molecule has 1 aliphatic rings. The smallest absolute Gasteiger partial charge is 0.360 e. The summed E-state index contributed by atoms with van der Waals surface area (Å²) < 4.78 is 9.88. The predicted molar refractivity (Wildman–Crippen MR) is 62.1 cm³/mol. The van der Waals surface area contributed by atoms with E-state index in [0.29, 0.717) is 13.0 Å². The van der Waals surface area contributed by atoms with E-state index in [4.69, 9.17) is 9.15 Å². The quantitative estimate of drug-likeness (QED) is 0.622. The van der Waals surface area contributed by atoms with Gasteiger partial charge >= 0.3 is 12.0 Å². The van der Waals surface area contributed by atoms with Gasteiger partial charge in [-0.15, -0.1) is 0 Å². The van der Waals surface area contributed by atoms with Crippen molar-refractivity contribution in [1.29, 1.82) is 0 Å².